The zero-order chi connectivity index (χ0) is 14.8. The van der Waals surface area contributed by atoms with Gasteiger partial charge in [0.05, 0.1) is 17.6 Å². The van der Waals surface area contributed by atoms with Gasteiger partial charge in [0.15, 0.2) is 0 Å². The van der Waals surface area contributed by atoms with Crippen LogP contribution in [-0.4, -0.2) is 50.4 Å². The van der Waals surface area contributed by atoms with Gasteiger partial charge in [-0.1, -0.05) is 12.1 Å². The van der Waals surface area contributed by atoms with Crippen LogP contribution in [0.5, 0.6) is 0 Å². The van der Waals surface area contributed by atoms with Crippen molar-refractivity contribution in [1.29, 1.82) is 0 Å². The second-order valence-corrected chi connectivity index (χ2v) is 7.64. The van der Waals surface area contributed by atoms with Crippen LogP contribution in [0.25, 0.3) is 0 Å². The Hall–Kier alpha value is -1.05. The number of hydrogen-bond acceptors (Lipinski definition) is 5. The zero-order valence-corrected chi connectivity index (χ0v) is 13.0. The van der Waals surface area contributed by atoms with E-state index in [9.17, 15) is 13.2 Å². The van der Waals surface area contributed by atoms with Gasteiger partial charge in [-0.05, 0) is 24.3 Å². The molecular weight excluding hydrogens is 298 g/mol. The first-order valence-corrected chi connectivity index (χ1v) is 8.81. The first-order chi connectivity index (χ1) is 9.48. The molecule has 0 amide bonds. The number of sulfonamides is 1. The predicted molar refractivity (Wildman–Crippen MR) is 78.5 cm³/mol. The standard InChI is InChI=1S/C13H17NO4S2/c1-14(10-7-8-19-9-10)20(16,17)12-6-4-3-5-11(12)13(15)18-2/h3-6,10H,7-9H2,1-2H3. The van der Waals surface area contributed by atoms with Crippen LogP contribution in [0.3, 0.4) is 0 Å². The third kappa shape index (κ3) is 2.84. The average molecular weight is 315 g/mol. The Labute approximate surface area is 123 Å². The highest BCUT2D eigenvalue weighted by Gasteiger charge is 2.32. The van der Waals surface area contributed by atoms with Gasteiger partial charge in [-0.3, -0.25) is 0 Å². The van der Waals surface area contributed by atoms with Crippen LogP contribution in [0.2, 0.25) is 0 Å². The molecule has 2 rings (SSSR count). The van der Waals surface area contributed by atoms with Crippen molar-refractivity contribution in [2.45, 2.75) is 17.4 Å². The molecular formula is C13H17NO4S2. The molecule has 1 fully saturated rings. The van der Waals surface area contributed by atoms with Crippen LogP contribution < -0.4 is 0 Å². The van der Waals surface area contributed by atoms with Crippen LogP contribution in [0.4, 0.5) is 0 Å². The molecule has 0 saturated carbocycles. The minimum atomic E-state index is -3.69. The Morgan fingerprint density at radius 3 is 2.70 bits per heavy atom. The van der Waals surface area contributed by atoms with Gasteiger partial charge < -0.3 is 4.74 Å². The molecule has 20 heavy (non-hydrogen) atoms. The average Bonchev–Trinajstić information content (AvgIpc) is 2.99. The molecule has 1 saturated heterocycles. The molecule has 1 aromatic carbocycles. The number of nitrogens with zero attached hydrogens (tertiary/aromatic N) is 1. The van der Waals surface area contributed by atoms with E-state index in [1.807, 2.05) is 0 Å². The number of carbonyl (C=O) groups excluding carboxylic acids is 1. The molecule has 5 nitrogen and oxygen atoms in total. The summed E-state index contributed by atoms with van der Waals surface area (Å²) in [7, 11) is -0.880. The first-order valence-electron chi connectivity index (χ1n) is 6.21. The van der Waals surface area contributed by atoms with Gasteiger partial charge >= 0.3 is 5.97 Å². The summed E-state index contributed by atoms with van der Waals surface area (Å²) in [6, 6.07) is 6.12. The van der Waals surface area contributed by atoms with Gasteiger partial charge in [-0.2, -0.15) is 16.1 Å². The van der Waals surface area contributed by atoms with Crippen LogP contribution in [-0.2, 0) is 14.8 Å². The third-order valence-electron chi connectivity index (χ3n) is 3.37. The Kier molecular flexibility index (Phi) is 4.72. The largest absolute Gasteiger partial charge is 0.465 e. The number of carbonyl (C=O) groups is 1. The number of ether oxygens (including phenoxy) is 1. The van der Waals surface area contributed by atoms with Crippen molar-refractivity contribution in [3.05, 3.63) is 29.8 Å². The second-order valence-electron chi connectivity index (χ2n) is 4.53. The molecule has 0 N–H and O–H groups in total. The number of thioether (sulfide) groups is 1. The zero-order valence-electron chi connectivity index (χ0n) is 11.4. The minimum Gasteiger partial charge on any atom is -0.465 e. The molecule has 1 aromatic rings. The summed E-state index contributed by atoms with van der Waals surface area (Å²) < 4.78 is 31.4. The Morgan fingerprint density at radius 1 is 1.40 bits per heavy atom. The number of methoxy groups -OCH3 is 1. The monoisotopic (exact) mass is 315 g/mol. The summed E-state index contributed by atoms with van der Waals surface area (Å²) in [4.78, 5) is 11.7. The molecule has 1 unspecified atom stereocenters. The lowest BCUT2D eigenvalue weighted by Crippen LogP contribution is -2.37. The van der Waals surface area contributed by atoms with E-state index in [2.05, 4.69) is 4.74 Å². The molecule has 0 aliphatic carbocycles. The van der Waals surface area contributed by atoms with Gasteiger partial charge in [0.2, 0.25) is 10.0 Å². The topological polar surface area (TPSA) is 63.7 Å². The van der Waals surface area contributed by atoms with Crippen molar-refractivity contribution in [3.63, 3.8) is 0 Å². The predicted octanol–water partition coefficient (Wildman–Crippen LogP) is 1.60. The summed E-state index contributed by atoms with van der Waals surface area (Å²) in [6.07, 6.45) is 0.834. The quantitative estimate of drug-likeness (QED) is 0.790. The smallest absolute Gasteiger partial charge is 0.339 e. The number of esters is 1. The van der Waals surface area contributed by atoms with Crippen molar-refractivity contribution in [2.24, 2.45) is 0 Å². The lowest BCUT2D eigenvalue weighted by Gasteiger charge is -2.24. The minimum absolute atomic E-state index is 0.00579. The van der Waals surface area contributed by atoms with Gasteiger partial charge in [0, 0.05) is 18.8 Å². The summed E-state index contributed by atoms with van der Waals surface area (Å²) in [6.45, 7) is 0. The maximum atomic E-state index is 12.7. The van der Waals surface area contributed by atoms with Crippen LogP contribution in [0.1, 0.15) is 16.8 Å². The molecule has 7 heteroatoms. The Morgan fingerprint density at radius 2 is 2.10 bits per heavy atom. The van der Waals surface area contributed by atoms with Crippen molar-refractivity contribution in [1.82, 2.24) is 4.31 Å². The molecule has 1 aliphatic rings. The highest BCUT2D eigenvalue weighted by molar-refractivity contribution is 7.99. The first kappa shape index (κ1) is 15.3. The van der Waals surface area contributed by atoms with Crippen molar-refractivity contribution in [3.8, 4) is 0 Å². The Bertz CT molecular complexity index is 594. The van der Waals surface area contributed by atoms with Gasteiger partial charge in [-0.25, -0.2) is 13.2 Å². The van der Waals surface area contributed by atoms with E-state index in [1.165, 1.54) is 23.5 Å². The van der Waals surface area contributed by atoms with Crippen molar-refractivity contribution in [2.75, 3.05) is 25.7 Å². The van der Waals surface area contributed by atoms with E-state index >= 15 is 0 Å². The second kappa shape index (κ2) is 6.15. The molecule has 1 atom stereocenters. The molecule has 0 spiro atoms. The van der Waals surface area contributed by atoms with Gasteiger partial charge in [-0.15, -0.1) is 0 Å². The van der Waals surface area contributed by atoms with Crippen LogP contribution >= 0.6 is 11.8 Å². The van der Waals surface area contributed by atoms with E-state index < -0.39 is 16.0 Å². The van der Waals surface area contributed by atoms with Crippen LogP contribution in [0, 0.1) is 0 Å². The fourth-order valence-electron chi connectivity index (χ4n) is 2.13. The summed E-state index contributed by atoms with van der Waals surface area (Å²) in [5.74, 6) is 1.11. The third-order valence-corrected chi connectivity index (χ3v) is 6.48. The summed E-state index contributed by atoms with van der Waals surface area (Å²) in [5.41, 5.74) is 0.0764. The molecule has 1 heterocycles. The molecule has 0 radical (unpaired) electrons. The van der Waals surface area contributed by atoms with E-state index in [0.717, 1.165) is 17.9 Å². The van der Waals surface area contributed by atoms with E-state index in [-0.39, 0.29) is 16.5 Å². The molecule has 0 aromatic heterocycles. The number of hydrogen-bond donors (Lipinski definition) is 0. The normalized spacial score (nSPS) is 19.2. The fourth-order valence-corrected chi connectivity index (χ4v) is 5.06. The van der Waals surface area contributed by atoms with Gasteiger partial charge in [0.1, 0.15) is 0 Å². The number of rotatable bonds is 4. The highest BCUT2D eigenvalue weighted by Crippen LogP contribution is 2.27. The summed E-state index contributed by atoms with van der Waals surface area (Å²) >= 11 is 1.74. The Balaban J connectivity index is 2.41. The van der Waals surface area contributed by atoms with E-state index in [0.29, 0.717) is 0 Å². The maximum absolute atomic E-state index is 12.7. The van der Waals surface area contributed by atoms with Crippen molar-refractivity contribution < 1.29 is 17.9 Å². The molecule has 1 aliphatic heterocycles. The van der Waals surface area contributed by atoms with E-state index in [1.54, 1.807) is 30.9 Å². The SMILES string of the molecule is COC(=O)c1ccccc1S(=O)(=O)N(C)C1CCSC1. The molecule has 0 bridgehead atoms. The number of benzene rings is 1. The highest BCUT2D eigenvalue weighted by atomic mass is 32.2. The summed E-state index contributed by atoms with van der Waals surface area (Å²) in [5, 5.41) is 0. The molecule has 110 valence electrons. The lowest BCUT2D eigenvalue weighted by atomic mass is 10.2. The fraction of sp³-hybridized carbons (Fsp3) is 0.462. The van der Waals surface area contributed by atoms with E-state index in [4.69, 9.17) is 0 Å². The van der Waals surface area contributed by atoms with Gasteiger partial charge in [0.25, 0.3) is 0 Å². The maximum Gasteiger partial charge on any atom is 0.339 e. The van der Waals surface area contributed by atoms with Crippen molar-refractivity contribution >= 4 is 27.8 Å². The van der Waals surface area contributed by atoms with Crippen LogP contribution in [0.15, 0.2) is 29.2 Å². The lowest BCUT2D eigenvalue weighted by molar-refractivity contribution is 0.0596.